The van der Waals surface area contributed by atoms with Crippen LogP contribution in [0, 0.1) is 11.7 Å². The number of halogens is 12. The van der Waals surface area contributed by atoms with E-state index in [9.17, 15) is 53.5 Å². The van der Waals surface area contributed by atoms with E-state index in [0.717, 1.165) is 35.9 Å². The second-order valence-electron chi connectivity index (χ2n) is 9.87. The van der Waals surface area contributed by atoms with Crippen LogP contribution in [0.1, 0.15) is 44.7 Å². The third-order valence-electron chi connectivity index (χ3n) is 6.74. The van der Waals surface area contributed by atoms with Crippen LogP contribution in [-0.2, 0) is 11.8 Å². The fraction of sp³-hybridized carbons (Fsp3) is 0.286. The smallest absolute Gasteiger partial charge is 0.321 e. The Morgan fingerprint density at radius 3 is 1.95 bits per heavy atom. The van der Waals surface area contributed by atoms with Gasteiger partial charge in [0, 0.05) is 22.1 Å². The quantitative estimate of drug-likeness (QED) is 0.250. The van der Waals surface area contributed by atoms with E-state index in [0.29, 0.717) is 4.47 Å². The summed E-state index contributed by atoms with van der Waals surface area (Å²) < 4.78 is 151. The van der Waals surface area contributed by atoms with E-state index < -0.39 is 76.0 Å². The maximum atomic E-state index is 15.7. The van der Waals surface area contributed by atoms with Gasteiger partial charge in [0.1, 0.15) is 0 Å². The Bertz CT molecular complexity index is 1550. The fourth-order valence-corrected chi connectivity index (χ4v) is 4.55. The van der Waals surface area contributed by atoms with Gasteiger partial charge in [-0.15, -0.1) is 0 Å². The first-order valence-electron chi connectivity index (χ1n) is 12.5. The summed E-state index contributed by atoms with van der Waals surface area (Å²) in [6.07, 6.45) is -17.6. The van der Waals surface area contributed by atoms with E-state index in [2.05, 4.69) is 15.9 Å². The minimum atomic E-state index is -6.69. The molecule has 1 saturated carbocycles. The Balaban J connectivity index is 1.72. The predicted octanol–water partition coefficient (Wildman–Crippen LogP) is 9.21. The number of benzene rings is 3. The summed E-state index contributed by atoms with van der Waals surface area (Å²) in [7, 11) is 0. The Kier molecular flexibility index (Phi) is 8.81. The molecule has 2 amide bonds. The van der Waals surface area contributed by atoms with Crippen LogP contribution in [0.4, 0.5) is 59.7 Å². The van der Waals surface area contributed by atoms with Gasteiger partial charge in [-0.25, -0.2) is 8.78 Å². The summed E-state index contributed by atoms with van der Waals surface area (Å²) in [5.41, 5.74) is -13.4. The number of hydrogen-bond donors (Lipinski definition) is 1. The third-order valence-corrected chi connectivity index (χ3v) is 7.27. The molecule has 3 aromatic rings. The molecule has 4 rings (SSSR count). The van der Waals surface area contributed by atoms with Crippen molar-refractivity contribution in [3.8, 4) is 0 Å². The SMILES string of the molecule is O=C(Nc1ccc(C(F)(C(F)(F)F)C(F)(F)F)cc1C(F)(F)F)c1cccc(N(CC2CC2)C(=O)c2ccc(Br)cc2)c1F. The minimum Gasteiger partial charge on any atom is -0.321 e. The number of nitrogens with zero attached hydrogens (tertiary/aromatic N) is 1. The Morgan fingerprint density at radius 2 is 1.43 bits per heavy atom. The number of alkyl halides is 10. The van der Waals surface area contributed by atoms with Crippen LogP contribution in [0.3, 0.4) is 0 Å². The van der Waals surface area contributed by atoms with Gasteiger partial charge in [-0.2, -0.15) is 39.5 Å². The van der Waals surface area contributed by atoms with Gasteiger partial charge in [0.25, 0.3) is 11.8 Å². The molecular weight excluding hydrogens is 685 g/mol. The van der Waals surface area contributed by atoms with Gasteiger partial charge in [0.05, 0.1) is 22.5 Å². The lowest BCUT2D eigenvalue weighted by atomic mass is 9.92. The van der Waals surface area contributed by atoms with E-state index in [1.807, 2.05) is 0 Å². The zero-order valence-corrected chi connectivity index (χ0v) is 23.4. The molecule has 1 aliphatic carbocycles. The number of anilines is 2. The molecule has 4 nitrogen and oxygen atoms in total. The highest BCUT2D eigenvalue weighted by Gasteiger charge is 2.73. The van der Waals surface area contributed by atoms with Crippen LogP contribution in [0.5, 0.6) is 0 Å². The van der Waals surface area contributed by atoms with Crippen molar-refractivity contribution in [2.75, 3.05) is 16.8 Å². The topological polar surface area (TPSA) is 49.4 Å². The number of rotatable bonds is 7. The van der Waals surface area contributed by atoms with E-state index >= 15 is 4.39 Å². The number of hydrogen-bond acceptors (Lipinski definition) is 2. The molecule has 1 fully saturated rings. The Hall–Kier alpha value is -3.69. The van der Waals surface area contributed by atoms with Crippen molar-refractivity contribution < 1.29 is 57.9 Å². The normalized spacial score (nSPS) is 14.4. The van der Waals surface area contributed by atoms with Crippen molar-refractivity contribution in [2.24, 2.45) is 5.92 Å². The molecule has 236 valence electrons. The van der Waals surface area contributed by atoms with Crippen LogP contribution >= 0.6 is 15.9 Å². The van der Waals surface area contributed by atoms with Crippen LogP contribution < -0.4 is 10.2 Å². The molecule has 44 heavy (non-hydrogen) atoms. The standard InChI is InChI=1S/C28H18BrF11N2O2/c29-17-9-6-15(7-10-17)24(44)42(13-14-4-5-14)21-3-1-2-18(22(21)30)23(43)41-20-11-8-16(12-19(20)26(32,33)34)25(31,27(35,36)37)28(38,39)40/h1-3,6-12,14H,4-5,13H2,(H,41,43). The maximum Gasteiger partial charge on any atom is 0.435 e. The first-order valence-corrected chi connectivity index (χ1v) is 13.3. The maximum absolute atomic E-state index is 15.7. The summed E-state index contributed by atoms with van der Waals surface area (Å²) in [4.78, 5) is 27.3. The molecule has 0 aliphatic heterocycles. The van der Waals surface area contributed by atoms with Crippen molar-refractivity contribution in [3.05, 3.63) is 93.2 Å². The highest BCUT2D eigenvalue weighted by molar-refractivity contribution is 9.10. The summed E-state index contributed by atoms with van der Waals surface area (Å²) in [6.45, 7) is 0.0416. The molecule has 3 aromatic carbocycles. The Labute approximate surface area is 250 Å². The van der Waals surface area contributed by atoms with Gasteiger partial charge < -0.3 is 10.2 Å². The molecular formula is C28H18BrF11N2O2. The van der Waals surface area contributed by atoms with Gasteiger partial charge in [0.2, 0.25) is 0 Å². The van der Waals surface area contributed by atoms with Crippen LogP contribution in [0.25, 0.3) is 0 Å². The lowest BCUT2D eigenvalue weighted by molar-refractivity contribution is -0.348. The van der Waals surface area contributed by atoms with Crippen molar-refractivity contribution in [2.45, 2.75) is 37.0 Å². The van der Waals surface area contributed by atoms with Gasteiger partial charge in [0.15, 0.2) is 5.82 Å². The first kappa shape index (κ1) is 33.2. The molecule has 1 aliphatic rings. The second-order valence-corrected chi connectivity index (χ2v) is 10.8. The Morgan fingerprint density at radius 1 is 0.841 bits per heavy atom. The minimum absolute atomic E-state index is 0.0000799. The second kappa shape index (κ2) is 11.7. The van der Waals surface area contributed by atoms with E-state index in [4.69, 9.17) is 0 Å². The lowest BCUT2D eigenvalue weighted by Crippen LogP contribution is -2.50. The van der Waals surface area contributed by atoms with Crippen molar-refractivity contribution in [3.63, 3.8) is 0 Å². The monoisotopic (exact) mass is 702 g/mol. The average Bonchev–Trinajstić information content (AvgIpc) is 3.74. The van der Waals surface area contributed by atoms with E-state index in [-0.39, 0.29) is 30.2 Å². The molecule has 0 atom stereocenters. The molecule has 0 radical (unpaired) electrons. The van der Waals surface area contributed by atoms with Gasteiger partial charge >= 0.3 is 24.2 Å². The predicted molar refractivity (Wildman–Crippen MR) is 139 cm³/mol. The molecule has 1 N–H and O–H groups in total. The van der Waals surface area contributed by atoms with Crippen molar-refractivity contribution >= 4 is 39.1 Å². The number of carbonyl (C=O) groups is 2. The number of carbonyl (C=O) groups excluding carboxylic acids is 2. The molecule has 0 bridgehead atoms. The van der Waals surface area contributed by atoms with E-state index in [1.54, 1.807) is 17.4 Å². The molecule has 0 spiro atoms. The largest absolute Gasteiger partial charge is 0.435 e. The highest BCUT2D eigenvalue weighted by Crippen LogP contribution is 2.54. The number of amides is 2. The fourth-order valence-electron chi connectivity index (χ4n) is 4.28. The summed E-state index contributed by atoms with van der Waals surface area (Å²) in [5, 5.41) is 1.62. The molecule has 0 heterocycles. The third kappa shape index (κ3) is 6.54. The molecule has 16 heteroatoms. The molecule has 0 unspecified atom stereocenters. The zero-order valence-electron chi connectivity index (χ0n) is 21.8. The van der Waals surface area contributed by atoms with Gasteiger partial charge in [-0.3, -0.25) is 9.59 Å². The summed E-state index contributed by atoms with van der Waals surface area (Å²) in [5.74, 6) is -3.56. The molecule has 0 saturated heterocycles. The molecule has 0 aromatic heterocycles. The van der Waals surface area contributed by atoms with Crippen LogP contribution in [0.2, 0.25) is 0 Å². The lowest BCUT2D eigenvalue weighted by Gasteiger charge is -2.31. The van der Waals surface area contributed by atoms with Gasteiger partial charge in [-0.05, 0) is 67.3 Å². The summed E-state index contributed by atoms with van der Waals surface area (Å²) >= 11 is 3.22. The zero-order chi connectivity index (χ0) is 32.8. The van der Waals surface area contributed by atoms with Crippen molar-refractivity contribution in [1.82, 2.24) is 0 Å². The van der Waals surface area contributed by atoms with Crippen molar-refractivity contribution in [1.29, 1.82) is 0 Å². The van der Waals surface area contributed by atoms with Gasteiger partial charge in [-0.1, -0.05) is 28.1 Å². The highest BCUT2D eigenvalue weighted by atomic mass is 79.9. The number of nitrogens with one attached hydrogen (secondary N) is 1. The average molecular weight is 703 g/mol. The first-order chi connectivity index (χ1) is 20.3. The summed E-state index contributed by atoms with van der Waals surface area (Å²) in [6, 6.07) is 8.20. The van der Waals surface area contributed by atoms with E-state index in [1.165, 1.54) is 12.1 Å². The van der Waals surface area contributed by atoms with Crippen LogP contribution in [0.15, 0.2) is 65.1 Å². The van der Waals surface area contributed by atoms with Crippen LogP contribution in [-0.4, -0.2) is 30.7 Å².